The van der Waals surface area contributed by atoms with Crippen molar-refractivity contribution in [1.82, 2.24) is 10.3 Å². The molecule has 1 N–H and O–H groups in total. The first kappa shape index (κ1) is 19.9. The number of para-hydroxylation sites is 2. The lowest BCUT2D eigenvalue weighted by Crippen LogP contribution is -2.50. The molecule has 154 valence electrons. The van der Waals surface area contributed by atoms with Gasteiger partial charge in [-0.25, -0.2) is 8.42 Å². The molecule has 2 aromatic carbocycles. The number of amides is 1. The summed E-state index contributed by atoms with van der Waals surface area (Å²) in [6, 6.07) is 21.2. The average Bonchev–Trinajstić information content (AvgIpc) is 2.77. The lowest BCUT2D eigenvalue weighted by molar-refractivity contribution is -0.127. The van der Waals surface area contributed by atoms with Crippen LogP contribution < -0.4 is 14.4 Å². The molecule has 1 amide bonds. The zero-order valence-corrected chi connectivity index (χ0v) is 17.0. The largest absolute Gasteiger partial charge is 0.476 e. The van der Waals surface area contributed by atoms with E-state index in [1.165, 1.54) is 4.31 Å². The summed E-state index contributed by atoms with van der Waals surface area (Å²) in [5, 5.41) is 2.77. The summed E-state index contributed by atoms with van der Waals surface area (Å²) in [6.45, 7) is 0.137. The van der Waals surface area contributed by atoms with Crippen molar-refractivity contribution < 1.29 is 17.9 Å². The van der Waals surface area contributed by atoms with Gasteiger partial charge in [-0.2, -0.15) is 0 Å². The minimum atomic E-state index is -3.72. The molecule has 0 spiro atoms. The summed E-state index contributed by atoms with van der Waals surface area (Å²) >= 11 is 0. The standard InChI is InChI=1S/C22H21N3O4S/c26-22(24-14-18-10-6-7-13-23-18)21-15-25(19-11-4-5-12-20(19)29-21)30(27,28)16-17-8-2-1-3-9-17/h1-13,21H,14-16H2,(H,24,26). The SMILES string of the molecule is O=C(NCc1ccccn1)C1CN(S(=O)(=O)Cc2ccccc2)c2ccccc2O1. The number of fused-ring (bicyclic) bond motifs is 1. The molecule has 0 saturated heterocycles. The van der Waals surface area contributed by atoms with Crippen molar-refractivity contribution in [1.29, 1.82) is 0 Å². The van der Waals surface area contributed by atoms with Crippen molar-refractivity contribution in [2.45, 2.75) is 18.4 Å². The molecule has 0 bridgehead atoms. The van der Waals surface area contributed by atoms with Gasteiger partial charge in [0.05, 0.1) is 30.2 Å². The Hall–Kier alpha value is -3.39. The summed E-state index contributed by atoms with van der Waals surface area (Å²) in [5.74, 6) is -0.196. The third kappa shape index (κ3) is 4.44. The van der Waals surface area contributed by atoms with E-state index in [-0.39, 0.29) is 18.8 Å². The number of carbonyl (C=O) groups excluding carboxylic acids is 1. The highest BCUT2D eigenvalue weighted by Crippen LogP contribution is 2.35. The molecule has 4 rings (SSSR count). The van der Waals surface area contributed by atoms with E-state index in [9.17, 15) is 13.2 Å². The maximum Gasteiger partial charge on any atom is 0.263 e. The summed E-state index contributed by atoms with van der Waals surface area (Å²) in [4.78, 5) is 16.9. The molecule has 3 aromatic rings. The van der Waals surface area contributed by atoms with Crippen LogP contribution in [0.25, 0.3) is 0 Å². The van der Waals surface area contributed by atoms with Crippen LogP contribution in [0.2, 0.25) is 0 Å². The number of carbonyl (C=O) groups is 1. The van der Waals surface area contributed by atoms with Crippen molar-refractivity contribution in [3.8, 4) is 5.75 Å². The van der Waals surface area contributed by atoms with Gasteiger partial charge in [-0.15, -0.1) is 0 Å². The van der Waals surface area contributed by atoms with E-state index < -0.39 is 22.0 Å². The van der Waals surface area contributed by atoms with Gasteiger partial charge in [-0.1, -0.05) is 48.5 Å². The molecular weight excluding hydrogens is 402 g/mol. The van der Waals surface area contributed by atoms with Gasteiger partial charge in [-0.3, -0.25) is 14.1 Å². The van der Waals surface area contributed by atoms with Crippen LogP contribution in [-0.2, 0) is 27.1 Å². The molecule has 0 radical (unpaired) electrons. The number of hydrogen-bond acceptors (Lipinski definition) is 5. The first-order valence-electron chi connectivity index (χ1n) is 9.50. The van der Waals surface area contributed by atoms with Crippen molar-refractivity contribution in [2.75, 3.05) is 10.8 Å². The number of benzene rings is 2. The monoisotopic (exact) mass is 423 g/mol. The summed E-state index contributed by atoms with van der Waals surface area (Å²) < 4.78 is 33.5. The van der Waals surface area contributed by atoms with Gasteiger partial charge < -0.3 is 10.1 Å². The lowest BCUT2D eigenvalue weighted by atomic mass is 10.2. The summed E-state index contributed by atoms with van der Waals surface area (Å²) in [7, 11) is -3.72. The Kier molecular flexibility index (Phi) is 5.67. The predicted molar refractivity (Wildman–Crippen MR) is 113 cm³/mol. The highest BCUT2D eigenvalue weighted by atomic mass is 32.2. The first-order chi connectivity index (χ1) is 14.5. The van der Waals surface area contributed by atoms with Crippen LogP contribution in [-0.4, -0.2) is 32.0 Å². The van der Waals surface area contributed by atoms with Crippen LogP contribution in [0.3, 0.4) is 0 Å². The third-order valence-corrected chi connectivity index (χ3v) is 6.44. The van der Waals surface area contributed by atoms with Crippen molar-refractivity contribution in [3.63, 3.8) is 0 Å². The zero-order chi connectivity index (χ0) is 21.0. The summed E-state index contributed by atoms with van der Waals surface area (Å²) in [6.07, 6.45) is 0.682. The third-order valence-electron chi connectivity index (χ3n) is 4.72. The van der Waals surface area contributed by atoms with E-state index in [0.29, 0.717) is 22.7 Å². The Balaban J connectivity index is 1.55. The number of sulfonamides is 1. The number of nitrogens with zero attached hydrogens (tertiary/aromatic N) is 2. The maximum absolute atomic E-state index is 13.2. The van der Waals surface area contributed by atoms with Crippen LogP contribution in [0.15, 0.2) is 79.0 Å². The molecular formula is C22H21N3O4S. The predicted octanol–water partition coefficient (Wildman–Crippen LogP) is 2.50. The fraction of sp³-hybridized carbons (Fsp3) is 0.182. The Labute approximate surface area is 175 Å². The van der Waals surface area contributed by atoms with Gasteiger partial charge in [-0.05, 0) is 29.8 Å². The van der Waals surface area contributed by atoms with Gasteiger partial charge in [0, 0.05) is 6.20 Å². The Morgan fingerprint density at radius 3 is 2.53 bits per heavy atom. The van der Waals surface area contributed by atoms with E-state index in [2.05, 4.69) is 10.3 Å². The molecule has 1 unspecified atom stereocenters. The Morgan fingerprint density at radius 2 is 1.77 bits per heavy atom. The number of aromatic nitrogens is 1. The van der Waals surface area contributed by atoms with Crippen molar-refractivity contribution >= 4 is 21.6 Å². The lowest BCUT2D eigenvalue weighted by Gasteiger charge is -2.34. The number of pyridine rings is 1. The molecule has 8 heteroatoms. The van der Waals surface area contributed by atoms with Gasteiger partial charge in [0.1, 0.15) is 5.75 Å². The van der Waals surface area contributed by atoms with E-state index >= 15 is 0 Å². The topological polar surface area (TPSA) is 88.6 Å². The highest BCUT2D eigenvalue weighted by molar-refractivity contribution is 7.92. The Bertz CT molecular complexity index is 1120. The van der Waals surface area contributed by atoms with Crippen LogP contribution in [0.4, 0.5) is 5.69 Å². The van der Waals surface area contributed by atoms with Crippen LogP contribution in [0.5, 0.6) is 5.75 Å². The van der Waals surface area contributed by atoms with Crippen LogP contribution >= 0.6 is 0 Å². The van der Waals surface area contributed by atoms with Gasteiger partial charge in [0.15, 0.2) is 6.10 Å². The van der Waals surface area contributed by atoms with Crippen LogP contribution in [0, 0.1) is 0 Å². The molecule has 1 aromatic heterocycles. The molecule has 0 saturated carbocycles. The van der Waals surface area contributed by atoms with E-state index in [1.54, 1.807) is 66.9 Å². The van der Waals surface area contributed by atoms with Gasteiger partial charge in [0.2, 0.25) is 10.0 Å². The average molecular weight is 423 g/mol. The van der Waals surface area contributed by atoms with Gasteiger partial charge >= 0.3 is 0 Å². The van der Waals surface area contributed by atoms with Crippen LogP contribution in [0.1, 0.15) is 11.3 Å². The minimum Gasteiger partial charge on any atom is -0.476 e. The smallest absolute Gasteiger partial charge is 0.263 e. The fourth-order valence-electron chi connectivity index (χ4n) is 3.26. The number of rotatable bonds is 6. The second kappa shape index (κ2) is 8.54. The van der Waals surface area contributed by atoms with Crippen molar-refractivity contribution in [3.05, 3.63) is 90.3 Å². The highest BCUT2D eigenvalue weighted by Gasteiger charge is 2.36. The maximum atomic E-state index is 13.2. The molecule has 7 nitrogen and oxygen atoms in total. The normalized spacial score (nSPS) is 15.7. The molecule has 1 aliphatic heterocycles. The quantitative estimate of drug-likeness (QED) is 0.658. The van der Waals surface area contributed by atoms with E-state index in [0.717, 1.165) is 0 Å². The van der Waals surface area contributed by atoms with E-state index in [4.69, 9.17) is 4.74 Å². The number of ether oxygens (including phenoxy) is 1. The number of hydrogen-bond donors (Lipinski definition) is 1. The summed E-state index contributed by atoms with van der Waals surface area (Å²) in [5.41, 5.74) is 1.82. The molecule has 0 aliphatic carbocycles. The van der Waals surface area contributed by atoms with E-state index in [1.807, 2.05) is 12.1 Å². The Morgan fingerprint density at radius 1 is 1.03 bits per heavy atom. The fourth-order valence-corrected chi connectivity index (χ4v) is 4.84. The van der Waals surface area contributed by atoms with Crippen molar-refractivity contribution in [2.24, 2.45) is 0 Å². The molecule has 1 atom stereocenters. The first-order valence-corrected chi connectivity index (χ1v) is 11.1. The molecule has 1 aliphatic rings. The zero-order valence-electron chi connectivity index (χ0n) is 16.1. The molecule has 0 fully saturated rings. The number of nitrogens with one attached hydrogen (secondary N) is 1. The second-order valence-corrected chi connectivity index (χ2v) is 8.78. The van der Waals surface area contributed by atoms with Gasteiger partial charge in [0.25, 0.3) is 5.91 Å². The molecule has 2 heterocycles. The second-order valence-electron chi connectivity index (χ2n) is 6.89. The minimum absolute atomic E-state index is 0.0970. The molecule has 30 heavy (non-hydrogen) atoms. The number of anilines is 1.